The standard InChI is InChI=1S/C47H50N6O12/c48-41(56)15-16-42(57)52-30-33-5-1-2-6-34(33)44-43(35-7-3-4-8-37(35)52)50-51-53(44)18-20-61-22-24-63-26-28-64-27-25-62-23-21-60-19-17-49-47(59)32-11-9-31(10-12-32)40-29-39(55)36-13-14-38(54)45(58)46(36)65-40/h1-14,29,54,58H,15-28,30H2,(H2,48,56)(H,49,59). The lowest BCUT2D eigenvalue weighted by Gasteiger charge is -2.28. The zero-order valence-corrected chi connectivity index (χ0v) is 35.6. The van der Waals surface area contributed by atoms with E-state index in [0.717, 1.165) is 22.4 Å². The molecule has 0 spiro atoms. The van der Waals surface area contributed by atoms with Gasteiger partial charge < -0.3 is 54.3 Å². The Hall–Kier alpha value is -6.96. The van der Waals surface area contributed by atoms with Crippen molar-refractivity contribution in [3.8, 4) is 45.3 Å². The molecule has 1 aliphatic rings. The Balaban J connectivity index is 0.725. The maximum absolute atomic E-state index is 13.4. The Morgan fingerprint density at radius 3 is 2.06 bits per heavy atom. The highest BCUT2D eigenvalue weighted by Crippen LogP contribution is 2.41. The number of benzene rings is 4. The molecule has 0 saturated carbocycles. The van der Waals surface area contributed by atoms with Crippen molar-refractivity contribution in [2.45, 2.75) is 25.9 Å². The second kappa shape index (κ2) is 22.6. The number of rotatable bonds is 23. The van der Waals surface area contributed by atoms with E-state index in [0.29, 0.717) is 108 Å². The highest BCUT2D eigenvalue weighted by molar-refractivity contribution is 6.01. The number of fused-ring (bicyclic) bond motifs is 6. The molecule has 18 heteroatoms. The van der Waals surface area contributed by atoms with Gasteiger partial charge >= 0.3 is 0 Å². The van der Waals surface area contributed by atoms with E-state index >= 15 is 0 Å². The Morgan fingerprint density at radius 1 is 0.738 bits per heavy atom. The average Bonchev–Trinajstić information content (AvgIpc) is 3.73. The molecule has 1 aliphatic heterocycles. The molecule has 65 heavy (non-hydrogen) atoms. The number of aromatic hydroxyl groups is 2. The van der Waals surface area contributed by atoms with Crippen LogP contribution in [0.4, 0.5) is 5.69 Å². The van der Waals surface area contributed by atoms with Crippen LogP contribution in [0, 0.1) is 0 Å². The first-order valence-electron chi connectivity index (χ1n) is 21.2. The first-order valence-corrected chi connectivity index (χ1v) is 21.2. The molecule has 0 atom stereocenters. The van der Waals surface area contributed by atoms with E-state index in [9.17, 15) is 29.4 Å². The van der Waals surface area contributed by atoms with Crippen LogP contribution >= 0.6 is 0 Å². The quantitative estimate of drug-likeness (QED) is 0.0515. The van der Waals surface area contributed by atoms with E-state index in [1.807, 2.05) is 53.2 Å². The minimum Gasteiger partial charge on any atom is -0.504 e. The first-order chi connectivity index (χ1) is 31.7. The Labute approximate surface area is 373 Å². The fourth-order valence-corrected chi connectivity index (χ4v) is 7.15. The van der Waals surface area contributed by atoms with Crippen LogP contribution < -0.4 is 21.4 Å². The molecule has 0 aliphatic carbocycles. The van der Waals surface area contributed by atoms with E-state index in [4.69, 9.17) is 33.8 Å². The predicted molar refractivity (Wildman–Crippen MR) is 238 cm³/mol. The van der Waals surface area contributed by atoms with Crippen molar-refractivity contribution >= 4 is 34.4 Å². The van der Waals surface area contributed by atoms with Gasteiger partial charge in [-0.3, -0.25) is 19.2 Å². The number of nitrogens with one attached hydrogen (secondary N) is 1. The lowest BCUT2D eigenvalue weighted by molar-refractivity contribution is -0.123. The van der Waals surface area contributed by atoms with Crippen molar-refractivity contribution in [3.05, 3.63) is 112 Å². The van der Waals surface area contributed by atoms with Crippen LogP contribution in [0.2, 0.25) is 0 Å². The summed E-state index contributed by atoms with van der Waals surface area (Å²) < 4.78 is 35.7. The van der Waals surface area contributed by atoms with Gasteiger partial charge in [-0.05, 0) is 35.9 Å². The SMILES string of the molecule is NC(=O)CCC(=O)N1Cc2ccccc2-c2c(nnn2CCOCCOCCOCCOCCOCCNC(=O)c2ccc(-c3cc(=O)c4ccc(O)c(O)c4o3)cc2)-c2ccccc21. The molecule has 2 aromatic heterocycles. The number of amides is 3. The Morgan fingerprint density at radius 2 is 1.37 bits per heavy atom. The van der Waals surface area contributed by atoms with Gasteiger partial charge in [-0.2, -0.15) is 0 Å². The zero-order valence-electron chi connectivity index (χ0n) is 35.6. The molecule has 0 unspecified atom stereocenters. The van der Waals surface area contributed by atoms with Gasteiger partial charge in [0.25, 0.3) is 5.91 Å². The summed E-state index contributed by atoms with van der Waals surface area (Å²) in [4.78, 5) is 51.6. The van der Waals surface area contributed by atoms with Crippen LogP contribution in [0.15, 0.2) is 100 Å². The minimum absolute atomic E-state index is 0.00579. The van der Waals surface area contributed by atoms with Gasteiger partial charge in [0, 0.05) is 47.7 Å². The van der Waals surface area contributed by atoms with Crippen molar-refractivity contribution in [2.75, 3.05) is 77.5 Å². The maximum atomic E-state index is 13.4. The zero-order chi connectivity index (χ0) is 45.5. The number of carbonyl (C=O) groups excluding carboxylic acids is 3. The third-order valence-corrected chi connectivity index (χ3v) is 10.4. The number of hydrogen-bond acceptors (Lipinski definition) is 14. The van der Waals surface area contributed by atoms with Crippen molar-refractivity contribution in [3.63, 3.8) is 0 Å². The average molecular weight is 891 g/mol. The van der Waals surface area contributed by atoms with Crippen molar-refractivity contribution in [1.82, 2.24) is 20.3 Å². The van der Waals surface area contributed by atoms with Gasteiger partial charge in [-0.1, -0.05) is 59.8 Å². The van der Waals surface area contributed by atoms with E-state index in [-0.39, 0.29) is 46.8 Å². The van der Waals surface area contributed by atoms with Crippen LogP contribution in [0.1, 0.15) is 28.8 Å². The van der Waals surface area contributed by atoms with Crippen molar-refractivity contribution < 1.29 is 52.7 Å². The summed E-state index contributed by atoms with van der Waals surface area (Å²) in [5, 5.41) is 31.9. The summed E-state index contributed by atoms with van der Waals surface area (Å²) in [6.07, 6.45) is -0.0278. The topological polar surface area (TPSA) is 240 Å². The minimum atomic E-state index is -0.526. The molecule has 340 valence electrons. The number of nitrogens with zero attached hydrogens (tertiary/aromatic N) is 4. The molecule has 4 aromatic carbocycles. The van der Waals surface area contributed by atoms with E-state index < -0.39 is 17.4 Å². The van der Waals surface area contributed by atoms with Gasteiger partial charge in [0.05, 0.1) is 95.9 Å². The van der Waals surface area contributed by atoms with Gasteiger partial charge in [0.2, 0.25) is 17.6 Å². The summed E-state index contributed by atoms with van der Waals surface area (Å²) in [7, 11) is 0. The second-order valence-electron chi connectivity index (χ2n) is 14.8. The number of hydrogen-bond donors (Lipinski definition) is 4. The van der Waals surface area contributed by atoms with E-state index in [1.54, 1.807) is 29.2 Å². The van der Waals surface area contributed by atoms with E-state index in [1.165, 1.54) is 18.2 Å². The molecule has 5 N–H and O–H groups in total. The summed E-state index contributed by atoms with van der Waals surface area (Å²) >= 11 is 0. The fourth-order valence-electron chi connectivity index (χ4n) is 7.15. The number of phenolic OH excluding ortho intramolecular Hbond substituents is 2. The third-order valence-electron chi connectivity index (χ3n) is 10.4. The monoisotopic (exact) mass is 890 g/mol. The molecule has 3 amide bonds. The molecule has 0 radical (unpaired) electrons. The van der Waals surface area contributed by atoms with Gasteiger partial charge in [0.1, 0.15) is 11.5 Å². The number of ether oxygens (including phenoxy) is 5. The highest BCUT2D eigenvalue weighted by atomic mass is 16.6. The Kier molecular flexibility index (Phi) is 16.0. The molecule has 7 rings (SSSR count). The van der Waals surface area contributed by atoms with Gasteiger partial charge in [0.15, 0.2) is 16.8 Å². The van der Waals surface area contributed by atoms with Crippen LogP contribution in [0.3, 0.4) is 0 Å². The summed E-state index contributed by atoms with van der Waals surface area (Å²) in [5.74, 6) is -1.77. The summed E-state index contributed by atoms with van der Waals surface area (Å²) in [6.45, 7) is 4.79. The van der Waals surface area contributed by atoms with Crippen LogP contribution in [0.5, 0.6) is 11.5 Å². The van der Waals surface area contributed by atoms with Crippen molar-refractivity contribution in [1.29, 1.82) is 0 Å². The molecular weight excluding hydrogens is 841 g/mol. The summed E-state index contributed by atoms with van der Waals surface area (Å²) in [6, 6.07) is 25.7. The normalized spacial score (nSPS) is 12.0. The predicted octanol–water partition coefficient (Wildman–Crippen LogP) is 4.42. The van der Waals surface area contributed by atoms with Crippen molar-refractivity contribution in [2.24, 2.45) is 5.73 Å². The molecule has 18 nitrogen and oxygen atoms in total. The molecule has 3 heterocycles. The maximum Gasteiger partial charge on any atom is 0.251 e. The molecular formula is C47H50N6O12. The fraction of sp³-hybridized carbons (Fsp3) is 0.319. The number of phenols is 2. The molecule has 6 aromatic rings. The second-order valence-corrected chi connectivity index (χ2v) is 14.8. The largest absolute Gasteiger partial charge is 0.504 e. The Bertz CT molecular complexity index is 2650. The third kappa shape index (κ3) is 11.8. The number of primary amides is 1. The number of carbonyl (C=O) groups is 3. The van der Waals surface area contributed by atoms with Gasteiger partial charge in [-0.25, -0.2) is 4.68 Å². The summed E-state index contributed by atoms with van der Waals surface area (Å²) in [5.41, 5.74) is 10.5. The smallest absolute Gasteiger partial charge is 0.251 e. The van der Waals surface area contributed by atoms with Crippen LogP contribution in [-0.2, 0) is 46.4 Å². The molecule has 0 bridgehead atoms. The highest BCUT2D eigenvalue weighted by Gasteiger charge is 2.29. The number of aromatic nitrogens is 3. The van der Waals surface area contributed by atoms with Gasteiger partial charge in [-0.15, -0.1) is 5.10 Å². The molecule has 0 fully saturated rings. The van der Waals surface area contributed by atoms with Crippen LogP contribution in [0.25, 0.3) is 44.8 Å². The number of nitrogens with two attached hydrogens (primary N) is 1. The van der Waals surface area contributed by atoms with E-state index in [2.05, 4.69) is 15.6 Å². The lowest BCUT2D eigenvalue weighted by Crippen LogP contribution is -2.32. The van der Waals surface area contributed by atoms with Crippen LogP contribution in [-0.4, -0.2) is 116 Å². The first kappa shape index (κ1) is 46.0. The molecule has 0 saturated heterocycles. The number of anilines is 1. The number of para-hydroxylation sites is 1. The lowest BCUT2D eigenvalue weighted by atomic mass is 9.95.